The summed E-state index contributed by atoms with van der Waals surface area (Å²) in [6, 6.07) is 2.35. The topological polar surface area (TPSA) is 12.9 Å². The molecule has 0 bridgehead atoms. The summed E-state index contributed by atoms with van der Waals surface area (Å²) in [5.41, 5.74) is -0.198. The van der Waals surface area contributed by atoms with E-state index in [9.17, 15) is 13.2 Å². The Morgan fingerprint density at radius 2 is 2.00 bits per heavy atom. The summed E-state index contributed by atoms with van der Waals surface area (Å²) < 4.78 is 36.1. The average molecular weight is 187 g/mol. The molecule has 0 aliphatic rings. The number of pyridine rings is 1. The number of allylic oxidation sites excluding steroid dienone is 1. The monoisotopic (exact) mass is 187 g/mol. The molecule has 1 nitrogen and oxygen atoms in total. The molecule has 70 valence electrons. The van der Waals surface area contributed by atoms with Gasteiger partial charge in [-0.2, -0.15) is 13.2 Å². The first kappa shape index (κ1) is 9.77. The Morgan fingerprint density at radius 3 is 2.38 bits per heavy atom. The van der Waals surface area contributed by atoms with Crippen LogP contribution in [-0.2, 0) is 6.18 Å². The van der Waals surface area contributed by atoms with Crippen LogP contribution in [0.1, 0.15) is 18.2 Å². The lowest BCUT2D eigenvalue weighted by atomic mass is 10.2. The van der Waals surface area contributed by atoms with E-state index in [4.69, 9.17) is 0 Å². The Labute approximate surface area is 73.9 Å². The maximum atomic E-state index is 12.0. The van der Waals surface area contributed by atoms with Crippen molar-refractivity contribution in [3.8, 4) is 0 Å². The largest absolute Gasteiger partial charge is 0.417 e. The molecule has 1 aromatic rings. The highest BCUT2D eigenvalue weighted by Crippen LogP contribution is 2.28. The third-order valence-corrected chi connectivity index (χ3v) is 1.45. The summed E-state index contributed by atoms with van der Waals surface area (Å²) in [5.74, 6) is 0. The lowest BCUT2D eigenvalue weighted by molar-refractivity contribution is -0.137. The molecule has 0 amide bonds. The Bertz CT molecular complexity index is 298. The fraction of sp³-hybridized carbons (Fsp3) is 0.222. The number of alkyl halides is 3. The van der Waals surface area contributed by atoms with E-state index in [-0.39, 0.29) is 0 Å². The van der Waals surface area contributed by atoms with E-state index in [0.29, 0.717) is 5.69 Å². The van der Waals surface area contributed by atoms with Crippen molar-refractivity contribution in [2.24, 2.45) is 0 Å². The van der Waals surface area contributed by atoms with E-state index in [2.05, 4.69) is 4.98 Å². The second-order valence-corrected chi connectivity index (χ2v) is 2.47. The zero-order chi connectivity index (χ0) is 9.90. The molecular formula is C9H8F3N. The molecule has 0 radical (unpaired) electrons. The van der Waals surface area contributed by atoms with Gasteiger partial charge in [-0.25, -0.2) is 0 Å². The third-order valence-electron chi connectivity index (χ3n) is 1.45. The van der Waals surface area contributed by atoms with Gasteiger partial charge in [-0.3, -0.25) is 4.98 Å². The second kappa shape index (κ2) is 3.60. The molecule has 0 saturated carbocycles. The molecule has 0 saturated heterocycles. The van der Waals surface area contributed by atoms with Crippen LogP contribution in [0.2, 0.25) is 0 Å². The first-order chi connectivity index (χ1) is 6.04. The van der Waals surface area contributed by atoms with Crippen LogP contribution in [-0.4, -0.2) is 4.98 Å². The van der Waals surface area contributed by atoms with E-state index >= 15 is 0 Å². The highest BCUT2D eigenvalue weighted by Gasteiger charge is 2.30. The fourth-order valence-electron chi connectivity index (χ4n) is 0.842. The standard InChI is InChI=1S/C9H8F3N/c1-2-3-8-5-4-7(6-13-8)9(10,11)12/h2-6H,1H3. The lowest BCUT2D eigenvalue weighted by Gasteiger charge is -2.04. The number of aromatic nitrogens is 1. The van der Waals surface area contributed by atoms with Crippen molar-refractivity contribution in [2.45, 2.75) is 13.1 Å². The predicted octanol–water partition coefficient (Wildman–Crippen LogP) is 3.13. The van der Waals surface area contributed by atoms with Crippen molar-refractivity contribution in [2.75, 3.05) is 0 Å². The molecule has 1 heterocycles. The minimum absolute atomic E-state index is 0.524. The quantitative estimate of drug-likeness (QED) is 0.658. The lowest BCUT2D eigenvalue weighted by Crippen LogP contribution is -2.05. The van der Waals surface area contributed by atoms with Gasteiger partial charge >= 0.3 is 6.18 Å². The Balaban J connectivity index is 2.94. The van der Waals surface area contributed by atoms with Crippen LogP contribution in [0.4, 0.5) is 13.2 Å². The first-order valence-electron chi connectivity index (χ1n) is 3.70. The molecule has 0 unspecified atom stereocenters. The summed E-state index contributed by atoms with van der Waals surface area (Å²) in [6.07, 6.45) is -0.119. The first-order valence-corrected chi connectivity index (χ1v) is 3.70. The Kier molecular flexibility index (Phi) is 2.70. The van der Waals surface area contributed by atoms with Gasteiger partial charge in [0.15, 0.2) is 0 Å². The van der Waals surface area contributed by atoms with Gasteiger partial charge in [0.05, 0.1) is 11.3 Å². The minimum Gasteiger partial charge on any atom is -0.256 e. The van der Waals surface area contributed by atoms with Crippen LogP contribution in [0.15, 0.2) is 24.4 Å². The van der Waals surface area contributed by atoms with Crippen molar-refractivity contribution in [1.82, 2.24) is 4.98 Å². The van der Waals surface area contributed by atoms with Gasteiger partial charge in [0.1, 0.15) is 0 Å². The number of halogens is 3. The zero-order valence-corrected chi connectivity index (χ0v) is 6.97. The number of nitrogens with zero attached hydrogens (tertiary/aromatic N) is 1. The van der Waals surface area contributed by atoms with Gasteiger partial charge in [-0.05, 0) is 25.1 Å². The number of hydrogen-bond acceptors (Lipinski definition) is 1. The molecule has 0 spiro atoms. The Morgan fingerprint density at radius 1 is 1.31 bits per heavy atom. The molecule has 0 atom stereocenters. The molecule has 1 aromatic heterocycles. The number of hydrogen-bond donors (Lipinski definition) is 0. The Hall–Kier alpha value is -1.32. The second-order valence-electron chi connectivity index (χ2n) is 2.47. The summed E-state index contributed by atoms with van der Waals surface area (Å²) in [4.78, 5) is 3.63. The van der Waals surface area contributed by atoms with Crippen LogP contribution in [0, 0.1) is 0 Å². The van der Waals surface area contributed by atoms with Gasteiger partial charge in [-0.1, -0.05) is 6.08 Å². The van der Waals surface area contributed by atoms with Crippen LogP contribution < -0.4 is 0 Å². The molecule has 0 aliphatic carbocycles. The molecule has 1 rings (SSSR count). The molecule has 0 N–H and O–H groups in total. The summed E-state index contributed by atoms with van der Waals surface area (Å²) in [7, 11) is 0. The molecular weight excluding hydrogens is 179 g/mol. The molecule has 4 heteroatoms. The SMILES string of the molecule is CC=Cc1ccc(C(F)(F)F)cn1. The zero-order valence-electron chi connectivity index (χ0n) is 6.97. The maximum Gasteiger partial charge on any atom is 0.417 e. The highest BCUT2D eigenvalue weighted by molar-refractivity contribution is 5.44. The van der Waals surface area contributed by atoms with Crippen molar-refractivity contribution >= 4 is 6.08 Å². The summed E-state index contributed by atoms with van der Waals surface area (Å²) in [5, 5.41) is 0. The van der Waals surface area contributed by atoms with Crippen molar-refractivity contribution in [3.05, 3.63) is 35.7 Å². The van der Waals surface area contributed by atoms with Crippen LogP contribution in [0.3, 0.4) is 0 Å². The summed E-state index contributed by atoms with van der Waals surface area (Å²) in [6.45, 7) is 1.78. The van der Waals surface area contributed by atoms with Gasteiger partial charge in [0.2, 0.25) is 0 Å². The van der Waals surface area contributed by atoms with Crippen LogP contribution in [0.25, 0.3) is 6.08 Å². The van der Waals surface area contributed by atoms with E-state index in [1.807, 2.05) is 0 Å². The third kappa shape index (κ3) is 2.57. The van der Waals surface area contributed by atoms with Crippen LogP contribution in [0.5, 0.6) is 0 Å². The van der Waals surface area contributed by atoms with Gasteiger partial charge in [0, 0.05) is 6.20 Å². The fourth-order valence-corrected chi connectivity index (χ4v) is 0.842. The normalized spacial score (nSPS) is 12.3. The van der Waals surface area contributed by atoms with E-state index < -0.39 is 11.7 Å². The maximum absolute atomic E-state index is 12.0. The molecule has 0 fully saturated rings. The van der Waals surface area contributed by atoms with Crippen molar-refractivity contribution < 1.29 is 13.2 Å². The van der Waals surface area contributed by atoms with Gasteiger partial charge in [0.25, 0.3) is 0 Å². The van der Waals surface area contributed by atoms with Gasteiger partial charge < -0.3 is 0 Å². The van der Waals surface area contributed by atoms with Gasteiger partial charge in [-0.15, -0.1) is 0 Å². The van der Waals surface area contributed by atoms with E-state index in [0.717, 1.165) is 12.3 Å². The van der Waals surface area contributed by atoms with E-state index in [1.165, 1.54) is 6.07 Å². The number of rotatable bonds is 1. The molecule has 13 heavy (non-hydrogen) atoms. The predicted molar refractivity (Wildman–Crippen MR) is 43.9 cm³/mol. The smallest absolute Gasteiger partial charge is 0.256 e. The summed E-state index contributed by atoms with van der Waals surface area (Å²) >= 11 is 0. The van der Waals surface area contributed by atoms with Crippen LogP contribution >= 0.6 is 0 Å². The highest BCUT2D eigenvalue weighted by atomic mass is 19.4. The van der Waals surface area contributed by atoms with E-state index in [1.54, 1.807) is 19.1 Å². The van der Waals surface area contributed by atoms with Crippen molar-refractivity contribution in [3.63, 3.8) is 0 Å². The molecule has 0 aliphatic heterocycles. The molecule has 0 aromatic carbocycles. The average Bonchev–Trinajstić information content (AvgIpc) is 2.04. The minimum atomic E-state index is -4.30. The van der Waals surface area contributed by atoms with Crippen molar-refractivity contribution in [1.29, 1.82) is 0 Å².